The number of hydrogen-bond acceptors (Lipinski definition) is 8. The molecule has 1 aromatic carbocycles. The van der Waals surface area contributed by atoms with E-state index >= 15 is 0 Å². The summed E-state index contributed by atoms with van der Waals surface area (Å²) in [4.78, 5) is 8.75. The van der Waals surface area contributed by atoms with Crippen LogP contribution in [0, 0.1) is 5.82 Å². The molecule has 1 saturated heterocycles. The number of benzene rings is 1. The van der Waals surface area contributed by atoms with Crippen LogP contribution in [0.1, 0.15) is 33.3 Å². The summed E-state index contributed by atoms with van der Waals surface area (Å²) < 4.78 is 44.3. The van der Waals surface area contributed by atoms with Crippen LogP contribution in [0.3, 0.4) is 0 Å². The van der Waals surface area contributed by atoms with Crippen LogP contribution in [0.5, 0.6) is 0 Å². The molecule has 13 heteroatoms. The highest BCUT2D eigenvalue weighted by molar-refractivity contribution is 7.98. The zero-order valence-corrected chi connectivity index (χ0v) is 21.9. The lowest BCUT2D eigenvalue weighted by molar-refractivity contribution is 0.234. The predicted octanol–water partition coefficient (Wildman–Crippen LogP) is 3.08. The number of nitrogens with zero attached hydrogens (tertiary/aromatic N) is 3. The molecule has 1 fully saturated rings. The summed E-state index contributed by atoms with van der Waals surface area (Å²) in [7, 11) is -3.88. The third-order valence-corrected chi connectivity index (χ3v) is 7.69. The number of hydrogen-bond donors (Lipinski definition) is 4. The molecule has 4 N–H and O–H groups in total. The van der Waals surface area contributed by atoms with Gasteiger partial charge in [0.05, 0.1) is 17.2 Å². The van der Waals surface area contributed by atoms with Crippen LogP contribution >= 0.6 is 23.4 Å². The van der Waals surface area contributed by atoms with E-state index in [1.807, 2.05) is 13.8 Å². The first kappa shape index (κ1) is 26.9. The van der Waals surface area contributed by atoms with Crippen molar-refractivity contribution in [1.82, 2.24) is 19.6 Å². The van der Waals surface area contributed by atoms with Crippen molar-refractivity contribution in [3.8, 4) is 0 Å². The number of rotatable bonds is 9. The maximum Gasteiger partial charge on any atom is 0.302 e. The van der Waals surface area contributed by atoms with Crippen molar-refractivity contribution in [2.45, 2.75) is 56.2 Å². The molecule has 3 rings (SSSR count). The lowest BCUT2D eigenvalue weighted by Crippen LogP contribution is -2.56. The van der Waals surface area contributed by atoms with Gasteiger partial charge in [0.2, 0.25) is 0 Å². The van der Waals surface area contributed by atoms with Gasteiger partial charge in [-0.2, -0.15) is 12.7 Å². The van der Waals surface area contributed by atoms with Crippen molar-refractivity contribution >= 4 is 45.2 Å². The van der Waals surface area contributed by atoms with Gasteiger partial charge in [0.1, 0.15) is 17.5 Å². The molecule has 2 atom stereocenters. The monoisotopic (exact) mass is 532 g/mol. The van der Waals surface area contributed by atoms with Gasteiger partial charge in [-0.05, 0) is 39.3 Å². The van der Waals surface area contributed by atoms with Crippen LogP contribution < -0.4 is 15.4 Å². The number of aliphatic hydroxyl groups excluding tert-OH is 1. The summed E-state index contributed by atoms with van der Waals surface area (Å²) in [5, 5.41) is 16.3. The number of thioether (sulfide) groups is 1. The minimum Gasteiger partial charge on any atom is -0.394 e. The predicted molar refractivity (Wildman–Crippen MR) is 134 cm³/mol. The molecule has 0 aliphatic carbocycles. The molecule has 0 bridgehead atoms. The number of halogens is 2. The van der Waals surface area contributed by atoms with E-state index in [0.717, 1.165) is 11.8 Å². The van der Waals surface area contributed by atoms with Crippen LogP contribution in [-0.2, 0) is 16.0 Å². The van der Waals surface area contributed by atoms with E-state index in [1.165, 1.54) is 16.4 Å². The molecule has 1 aliphatic rings. The zero-order valence-electron chi connectivity index (χ0n) is 19.5. The SMILES string of the molecule is C[C@@H]1CN(S(=O)(=O)Nc2cc(NC(C)(C)CO)nc(SCc3cccc(Cl)c3F)n2)C[C@H](C)N1. The second kappa shape index (κ2) is 10.9. The first-order chi connectivity index (χ1) is 15.9. The lowest BCUT2D eigenvalue weighted by atomic mass is 10.1. The van der Waals surface area contributed by atoms with Crippen LogP contribution in [0.15, 0.2) is 29.4 Å². The topological polar surface area (TPSA) is 119 Å². The van der Waals surface area contributed by atoms with Gasteiger partial charge in [0.25, 0.3) is 0 Å². The fraction of sp³-hybridized carbons (Fsp3) is 0.524. The minimum atomic E-state index is -3.88. The Morgan fingerprint density at radius 1 is 1.26 bits per heavy atom. The molecule has 188 valence electrons. The molecular weight excluding hydrogens is 503 g/mol. The average molecular weight is 533 g/mol. The zero-order chi connectivity index (χ0) is 25.1. The third-order valence-electron chi connectivity index (χ3n) is 5.05. The molecule has 0 saturated carbocycles. The number of aliphatic hydroxyl groups is 1. The molecule has 9 nitrogen and oxygen atoms in total. The Morgan fingerprint density at radius 3 is 2.56 bits per heavy atom. The highest BCUT2D eigenvalue weighted by atomic mass is 35.5. The van der Waals surface area contributed by atoms with E-state index in [9.17, 15) is 17.9 Å². The normalized spacial score (nSPS) is 19.7. The van der Waals surface area contributed by atoms with Crippen molar-refractivity contribution in [3.63, 3.8) is 0 Å². The van der Waals surface area contributed by atoms with Gasteiger partial charge in [0, 0.05) is 37.0 Å². The van der Waals surface area contributed by atoms with Gasteiger partial charge in [0.15, 0.2) is 5.16 Å². The van der Waals surface area contributed by atoms with Crippen LogP contribution in [0.2, 0.25) is 5.02 Å². The quantitative estimate of drug-likeness (QED) is 0.287. The highest BCUT2D eigenvalue weighted by Gasteiger charge is 2.30. The second-order valence-electron chi connectivity index (χ2n) is 8.98. The Balaban J connectivity index is 1.87. The number of piperazine rings is 1. The molecule has 34 heavy (non-hydrogen) atoms. The molecule has 1 aliphatic heterocycles. The van der Waals surface area contributed by atoms with Crippen molar-refractivity contribution in [2.75, 3.05) is 29.7 Å². The van der Waals surface area contributed by atoms with E-state index in [0.29, 0.717) is 24.5 Å². The van der Waals surface area contributed by atoms with Gasteiger partial charge in [-0.3, -0.25) is 4.72 Å². The van der Waals surface area contributed by atoms with Gasteiger partial charge in [-0.25, -0.2) is 14.4 Å². The van der Waals surface area contributed by atoms with E-state index in [2.05, 4.69) is 25.3 Å². The van der Waals surface area contributed by atoms with E-state index < -0.39 is 21.6 Å². The molecule has 0 unspecified atom stereocenters. The van der Waals surface area contributed by atoms with Crippen molar-refractivity contribution in [3.05, 3.63) is 40.7 Å². The van der Waals surface area contributed by atoms with Crippen LogP contribution in [-0.4, -0.2) is 65.1 Å². The molecular formula is C21H30ClFN6O3S2. The Kier molecular flexibility index (Phi) is 8.64. The summed E-state index contributed by atoms with van der Waals surface area (Å²) in [6, 6.07) is 6.21. The molecule has 2 heterocycles. The number of anilines is 2. The number of nitrogens with one attached hydrogen (secondary N) is 3. The third kappa shape index (κ3) is 7.15. The highest BCUT2D eigenvalue weighted by Crippen LogP contribution is 2.28. The maximum atomic E-state index is 14.3. The second-order valence-corrected chi connectivity index (χ2v) is 12.0. The summed E-state index contributed by atoms with van der Waals surface area (Å²) in [5.41, 5.74) is -0.337. The maximum absolute atomic E-state index is 14.3. The first-order valence-corrected chi connectivity index (χ1v) is 13.6. The largest absolute Gasteiger partial charge is 0.394 e. The van der Waals surface area contributed by atoms with Crippen LogP contribution in [0.4, 0.5) is 16.0 Å². The minimum absolute atomic E-state index is 0.00650. The van der Waals surface area contributed by atoms with Crippen molar-refractivity contribution in [1.29, 1.82) is 0 Å². The van der Waals surface area contributed by atoms with Gasteiger partial charge >= 0.3 is 10.2 Å². The first-order valence-electron chi connectivity index (χ1n) is 10.8. The van der Waals surface area contributed by atoms with E-state index in [1.54, 1.807) is 26.0 Å². The summed E-state index contributed by atoms with van der Waals surface area (Å²) in [5.74, 6) is 0.0652. The summed E-state index contributed by atoms with van der Waals surface area (Å²) in [6.07, 6.45) is 0. The molecule has 1 aromatic heterocycles. The van der Waals surface area contributed by atoms with E-state index in [-0.39, 0.29) is 40.4 Å². The Morgan fingerprint density at radius 2 is 1.91 bits per heavy atom. The number of aromatic nitrogens is 2. The standard InChI is InChI=1S/C21H30ClFN6O3S2/c1-13-9-29(10-14(2)24-13)34(31,32)28-18-8-17(27-21(3,4)12-30)25-20(26-18)33-11-15-6-5-7-16(22)19(15)23/h5-8,13-14,24,30H,9-12H2,1-4H3,(H2,25,26,27,28)/t13-,14+. The Bertz CT molecular complexity index is 1110. The van der Waals surface area contributed by atoms with Gasteiger partial charge < -0.3 is 15.7 Å². The molecule has 0 radical (unpaired) electrons. The summed E-state index contributed by atoms with van der Waals surface area (Å²) >= 11 is 7.01. The molecule has 2 aromatic rings. The smallest absolute Gasteiger partial charge is 0.302 e. The van der Waals surface area contributed by atoms with Gasteiger partial charge in [-0.1, -0.05) is 35.5 Å². The fourth-order valence-electron chi connectivity index (χ4n) is 3.46. The van der Waals surface area contributed by atoms with Crippen molar-refractivity contribution < 1.29 is 17.9 Å². The van der Waals surface area contributed by atoms with E-state index in [4.69, 9.17) is 11.6 Å². The lowest BCUT2D eigenvalue weighted by Gasteiger charge is -2.35. The molecule has 0 amide bonds. The Labute approximate surface area is 209 Å². The summed E-state index contributed by atoms with van der Waals surface area (Å²) in [6.45, 7) is 7.86. The fourth-order valence-corrected chi connectivity index (χ4v) is 5.83. The van der Waals surface area contributed by atoms with Crippen molar-refractivity contribution in [2.24, 2.45) is 0 Å². The Hall–Kier alpha value is -1.70. The molecule has 0 spiro atoms. The van der Waals surface area contributed by atoms with Crippen LogP contribution in [0.25, 0.3) is 0 Å². The average Bonchev–Trinajstić information content (AvgIpc) is 2.73. The van der Waals surface area contributed by atoms with Gasteiger partial charge in [-0.15, -0.1) is 0 Å².